The molecule has 1 amide bonds. The number of amides is 1. The molecule has 1 aliphatic rings. The Hall–Kier alpha value is -3.66. The summed E-state index contributed by atoms with van der Waals surface area (Å²) in [5.41, 5.74) is -0.198. The third kappa shape index (κ3) is 6.42. The van der Waals surface area contributed by atoms with Gasteiger partial charge in [0, 0.05) is 32.2 Å². The van der Waals surface area contributed by atoms with Crippen LogP contribution in [-0.2, 0) is 19.1 Å². The minimum Gasteiger partial charge on any atom is -0.493 e. The fraction of sp³-hybridized carbons (Fsp3) is 0.391. The quantitative estimate of drug-likeness (QED) is 0.647. The van der Waals surface area contributed by atoms with E-state index in [0.29, 0.717) is 5.75 Å². The van der Waals surface area contributed by atoms with E-state index in [9.17, 15) is 14.4 Å². The second kappa shape index (κ2) is 11.3. The van der Waals surface area contributed by atoms with Gasteiger partial charge in [-0.3, -0.25) is 9.59 Å². The van der Waals surface area contributed by atoms with Crippen LogP contribution in [0, 0.1) is 0 Å². The van der Waals surface area contributed by atoms with Crippen molar-refractivity contribution in [1.82, 2.24) is 10.3 Å². The van der Waals surface area contributed by atoms with Crippen LogP contribution >= 0.6 is 0 Å². The van der Waals surface area contributed by atoms with Crippen LogP contribution in [0.15, 0.2) is 42.6 Å². The second-order valence-electron chi connectivity index (χ2n) is 7.29. The van der Waals surface area contributed by atoms with Crippen molar-refractivity contribution in [2.75, 3.05) is 20.3 Å². The highest BCUT2D eigenvalue weighted by molar-refractivity contribution is 5.98. The average molecular weight is 458 g/mol. The average Bonchev–Trinajstić information content (AvgIpc) is 2.85. The highest BCUT2D eigenvalue weighted by atomic mass is 16.6. The number of aromatic nitrogens is 1. The standard InChI is InChI=1S/C23H26N2O8/c1-14-19(33-16-7-5-4-6-8-16)13-30-12-10-17(23(28)31-14)25-22(27)20-21(32-15(2)26)18(29-3)9-11-24-20/h4-9,11,14,17,19H,10,12-13H2,1-3H3,(H,25,27)/t14-,17-,19+/m0/s1. The van der Waals surface area contributed by atoms with Crippen molar-refractivity contribution < 1.29 is 38.1 Å². The van der Waals surface area contributed by atoms with Gasteiger partial charge in [0.25, 0.3) is 5.91 Å². The van der Waals surface area contributed by atoms with Crippen LogP contribution < -0.4 is 19.5 Å². The van der Waals surface area contributed by atoms with Gasteiger partial charge in [-0.05, 0) is 19.1 Å². The number of para-hydroxylation sites is 1. The number of esters is 2. The molecule has 0 saturated carbocycles. The van der Waals surface area contributed by atoms with Crippen molar-refractivity contribution in [3.05, 3.63) is 48.3 Å². The summed E-state index contributed by atoms with van der Waals surface area (Å²) in [5, 5.41) is 2.59. The predicted octanol–water partition coefficient (Wildman–Crippen LogP) is 1.91. The Morgan fingerprint density at radius 1 is 1.18 bits per heavy atom. The van der Waals surface area contributed by atoms with Crippen LogP contribution in [0.3, 0.4) is 0 Å². The Balaban J connectivity index is 1.72. The van der Waals surface area contributed by atoms with Gasteiger partial charge in [-0.15, -0.1) is 0 Å². The Morgan fingerprint density at radius 3 is 2.64 bits per heavy atom. The summed E-state index contributed by atoms with van der Waals surface area (Å²) in [6.07, 6.45) is 0.337. The van der Waals surface area contributed by atoms with Gasteiger partial charge in [-0.25, -0.2) is 9.78 Å². The zero-order valence-corrected chi connectivity index (χ0v) is 18.6. The molecule has 3 atom stereocenters. The van der Waals surface area contributed by atoms with Crippen LogP contribution in [0.1, 0.15) is 30.8 Å². The van der Waals surface area contributed by atoms with Gasteiger partial charge < -0.3 is 29.0 Å². The molecule has 2 heterocycles. The number of methoxy groups -OCH3 is 1. The lowest BCUT2D eigenvalue weighted by molar-refractivity contribution is -0.155. The molecule has 10 heteroatoms. The number of rotatable bonds is 6. The maximum absolute atomic E-state index is 12.9. The molecule has 0 spiro atoms. The van der Waals surface area contributed by atoms with Gasteiger partial charge in [0.05, 0.1) is 13.7 Å². The first-order chi connectivity index (χ1) is 15.9. The van der Waals surface area contributed by atoms with E-state index in [1.54, 1.807) is 19.1 Å². The molecule has 3 rings (SSSR count). The molecule has 176 valence electrons. The highest BCUT2D eigenvalue weighted by Crippen LogP contribution is 2.29. The highest BCUT2D eigenvalue weighted by Gasteiger charge is 2.32. The summed E-state index contributed by atoms with van der Waals surface area (Å²) in [7, 11) is 1.37. The molecule has 0 bridgehead atoms. The smallest absolute Gasteiger partial charge is 0.329 e. The zero-order chi connectivity index (χ0) is 23.8. The maximum Gasteiger partial charge on any atom is 0.329 e. The van der Waals surface area contributed by atoms with Gasteiger partial charge in [-0.1, -0.05) is 18.2 Å². The van der Waals surface area contributed by atoms with Crippen molar-refractivity contribution in [2.45, 2.75) is 38.5 Å². The molecule has 33 heavy (non-hydrogen) atoms. The summed E-state index contributed by atoms with van der Waals surface area (Å²) in [4.78, 5) is 41.2. The summed E-state index contributed by atoms with van der Waals surface area (Å²) in [5.74, 6) is -1.37. The van der Waals surface area contributed by atoms with Gasteiger partial charge in [-0.2, -0.15) is 0 Å². The third-order valence-electron chi connectivity index (χ3n) is 4.83. The number of ether oxygens (including phenoxy) is 5. The Morgan fingerprint density at radius 2 is 1.94 bits per heavy atom. The lowest BCUT2D eigenvalue weighted by Crippen LogP contribution is -2.45. The van der Waals surface area contributed by atoms with Crippen LogP contribution in [0.2, 0.25) is 0 Å². The number of cyclic esters (lactones) is 1. The summed E-state index contributed by atoms with van der Waals surface area (Å²) >= 11 is 0. The molecule has 1 aromatic carbocycles. The van der Waals surface area contributed by atoms with Crippen molar-refractivity contribution in [3.8, 4) is 17.2 Å². The first-order valence-corrected chi connectivity index (χ1v) is 10.4. The zero-order valence-electron chi connectivity index (χ0n) is 18.6. The van der Waals surface area contributed by atoms with Crippen molar-refractivity contribution in [3.63, 3.8) is 0 Å². The van der Waals surface area contributed by atoms with Gasteiger partial charge in [0.1, 0.15) is 17.9 Å². The molecule has 0 unspecified atom stereocenters. The maximum atomic E-state index is 12.9. The Labute approximate surface area is 191 Å². The monoisotopic (exact) mass is 458 g/mol. The van der Waals surface area contributed by atoms with Crippen LogP contribution in [0.25, 0.3) is 0 Å². The summed E-state index contributed by atoms with van der Waals surface area (Å²) < 4.78 is 27.4. The van der Waals surface area contributed by atoms with Gasteiger partial charge >= 0.3 is 11.9 Å². The minimum atomic E-state index is -1.01. The largest absolute Gasteiger partial charge is 0.493 e. The molecule has 1 N–H and O–H groups in total. The fourth-order valence-electron chi connectivity index (χ4n) is 3.15. The molecule has 0 radical (unpaired) electrons. The number of hydrogen-bond acceptors (Lipinski definition) is 9. The van der Waals surface area contributed by atoms with Gasteiger partial charge in [0.2, 0.25) is 5.75 Å². The Kier molecular flexibility index (Phi) is 8.20. The first-order valence-electron chi connectivity index (χ1n) is 10.4. The molecule has 1 saturated heterocycles. The molecule has 1 aliphatic heterocycles. The predicted molar refractivity (Wildman–Crippen MR) is 115 cm³/mol. The van der Waals surface area contributed by atoms with Crippen LogP contribution in [0.5, 0.6) is 17.2 Å². The van der Waals surface area contributed by atoms with E-state index in [2.05, 4.69) is 10.3 Å². The number of carbonyl (C=O) groups excluding carboxylic acids is 3. The fourth-order valence-corrected chi connectivity index (χ4v) is 3.15. The molecule has 0 aliphatic carbocycles. The molecule has 2 aromatic rings. The molecule has 1 aromatic heterocycles. The van der Waals surface area contributed by atoms with E-state index < -0.39 is 36.1 Å². The summed E-state index contributed by atoms with van der Waals surface area (Å²) in [6, 6.07) is 9.58. The van der Waals surface area contributed by atoms with Crippen molar-refractivity contribution >= 4 is 17.8 Å². The van der Waals surface area contributed by atoms with Crippen LogP contribution in [0.4, 0.5) is 0 Å². The topological polar surface area (TPSA) is 122 Å². The number of pyridine rings is 1. The number of hydrogen-bond donors (Lipinski definition) is 1. The van der Waals surface area contributed by atoms with E-state index in [1.807, 2.05) is 18.2 Å². The molecular weight excluding hydrogens is 432 g/mol. The number of nitrogens with zero attached hydrogens (tertiary/aromatic N) is 1. The van der Waals surface area contributed by atoms with Crippen LogP contribution in [-0.4, -0.2) is 61.4 Å². The normalized spacial score (nSPS) is 20.9. The SMILES string of the molecule is COc1ccnc(C(=O)N[C@H]2CCOC[C@@H](Oc3ccccc3)[C@H](C)OC2=O)c1OC(C)=O. The van der Waals surface area contributed by atoms with E-state index in [4.69, 9.17) is 23.7 Å². The second-order valence-corrected chi connectivity index (χ2v) is 7.29. The third-order valence-corrected chi connectivity index (χ3v) is 4.83. The number of carbonyl (C=O) groups is 3. The molecular formula is C23H26N2O8. The molecule has 1 fully saturated rings. The van der Waals surface area contributed by atoms with E-state index in [-0.39, 0.29) is 36.8 Å². The summed E-state index contributed by atoms with van der Waals surface area (Å²) in [6.45, 7) is 3.28. The number of nitrogens with one attached hydrogen (secondary N) is 1. The van der Waals surface area contributed by atoms with Gasteiger partial charge in [0.15, 0.2) is 17.5 Å². The van der Waals surface area contributed by atoms with Crippen molar-refractivity contribution in [2.24, 2.45) is 0 Å². The van der Waals surface area contributed by atoms with E-state index in [0.717, 1.165) is 0 Å². The molecule has 10 nitrogen and oxygen atoms in total. The first kappa shape index (κ1) is 24.0. The van der Waals surface area contributed by atoms with E-state index >= 15 is 0 Å². The lowest BCUT2D eigenvalue weighted by atomic mass is 10.2. The van der Waals surface area contributed by atoms with E-state index in [1.165, 1.54) is 26.3 Å². The number of benzene rings is 1. The Bertz CT molecular complexity index is 982. The lowest BCUT2D eigenvalue weighted by Gasteiger charge is -2.25. The van der Waals surface area contributed by atoms with Crippen molar-refractivity contribution in [1.29, 1.82) is 0 Å². The minimum absolute atomic E-state index is 0.137.